The third-order valence-corrected chi connectivity index (χ3v) is 4.98. The second-order valence-electron chi connectivity index (χ2n) is 7.07. The van der Waals surface area contributed by atoms with Crippen molar-refractivity contribution < 1.29 is 14.3 Å². The zero-order valence-electron chi connectivity index (χ0n) is 15.7. The Hall–Kier alpha value is -2.61. The van der Waals surface area contributed by atoms with Gasteiger partial charge in [-0.15, -0.1) is 0 Å². The maximum atomic E-state index is 12.3. The number of esters is 1. The summed E-state index contributed by atoms with van der Waals surface area (Å²) in [5.74, 6) is -0.296. The summed E-state index contributed by atoms with van der Waals surface area (Å²) in [4.78, 5) is 26.1. The van der Waals surface area contributed by atoms with E-state index in [9.17, 15) is 14.9 Å². The van der Waals surface area contributed by atoms with Crippen LogP contribution in [0.25, 0.3) is 6.08 Å². The molecule has 138 valence electrons. The molecule has 0 saturated heterocycles. The van der Waals surface area contributed by atoms with Gasteiger partial charge in [0.1, 0.15) is 11.6 Å². The second kappa shape index (κ2) is 9.19. The number of hydrogen-bond donors (Lipinski definition) is 0. The van der Waals surface area contributed by atoms with Crippen LogP contribution in [-0.2, 0) is 14.3 Å². The minimum absolute atomic E-state index is 0.115. The molecule has 1 aromatic rings. The molecule has 1 amide bonds. The molecule has 0 radical (unpaired) electrons. The van der Waals surface area contributed by atoms with Crippen molar-refractivity contribution in [1.82, 2.24) is 4.90 Å². The molecule has 5 heteroatoms. The average Bonchev–Trinajstić information content (AvgIpc) is 2.65. The minimum Gasteiger partial charge on any atom is -0.451 e. The van der Waals surface area contributed by atoms with E-state index in [0.29, 0.717) is 5.92 Å². The maximum absolute atomic E-state index is 12.3. The van der Waals surface area contributed by atoms with Crippen LogP contribution in [0, 0.1) is 24.2 Å². The van der Waals surface area contributed by atoms with Gasteiger partial charge in [-0.25, -0.2) is 4.79 Å². The van der Waals surface area contributed by atoms with E-state index in [1.54, 1.807) is 11.9 Å². The molecule has 0 N–H and O–H groups in total. The zero-order chi connectivity index (χ0) is 19.1. The van der Waals surface area contributed by atoms with Crippen LogP contribution in [0.3, 0.4) is 0 Å². The van der Waals surface area contributed by atoms with Gasteiger partial charge in [-0.3, -0.25) is 4.79 Å². The van der Waals surface area contributed by atoms with Crippen LogP contribution in [0.1, 0.15) is 43.7 Å². The van der Waals surface area contributed by atoms with Crippen molar-refractivity contribution in [2.75, 3.05) is 13.7 Å². The highest BCUT2D eigenvalue weighted by atomic mass is 16.5. The molecule has 1 aliphatic carbocycles. The van der Waals surface area contributed by atoms with Crippen molar-refractivity contribution >= 4 is 18.0 Å². The first-order valence-electron chi connectivity index (χ1n) is 9.02. The molecule has 1 saturated carbocycles. The second-order valence-corrected chi connectivity index (χ2v) is 7.07. The van der Waals surface area contributed by atoms with Crippen LogP contribution in [0.5, 0.6) is 0 Å². The number of carbonyl (C=O) groups is 2. The lowest BCUT2D eigenvalue weighted by Crippen LogP contribution is -2.41. The van der Waals surface area contributed by atoms with Gasteiger partial charge in [0.2, 0.25) is 0 Å². The molecule has 0 aromatic heterocycles. The largest absolute Gasteiger partial charge is 0.451 e. The smallest absolute Gasteiger partial charge is 0.349 e. The molecule has 0 atom stereocenters. The molecule has 2 rings (SSSR count). The summed E-state index contributed by atoms with van der Waals surface area (Å²) in [6, 6.07) is 9.49. The molecule has 0 spiro atoms. The van der Waals surface area contributed by atoms with Crippen LogP contribution in [-0.4, -0.2) is 36.5 Å². The maximum Gasteiger partial charge on any atom is 0.349 e. The first-order chi connectivity index (χ1) is 12.4. The summed E-state index contributed by atoms with van der Waals surface area (Å²) in [6.07, 6.45) is 5.65. The Morgan fingerprint density at radius 2 is 1.85 bits per heavy atom. The number of benzene rings is 1. The fourth-order valence-electron chi connectivity index (χ4n) is 3.11. The van der Waals surface area contributed by atoms with E-state index in [-0.39, 0.29) is 24.1 Å². The Balaban J connectivity index is 1.90. The number of aryl methyl sites for hydroxylation is 1. The Kier molecular flexibility index (Phi) is 6.97. The van der Waals surface area contributed by atoms with E-state index in [4.69, 9.17) is 4.74 Å². The van der Waals surface area contributed by atoms with E-state index in [1.165, 1.54) is 6.08 Å². The molecular formula is C21H26N2O3. The van der Waals surface area contributed by atoms with Gasteiger partial charge in [0.05, 0.1) is 0 Å². The molecule has 1 aliphatic rings. The highest BCUT2D eigenvalue weighted by Gasteiger charge is 2.25. The fourth-order valence-corrected chi connectivity index (χ4v) is 3.11. The number of amides is 1. The van der Waals surface area contributed by atoms with Gasteiger partial charge in [-0.2, -0.15) is 5.26 Å². The Bertz CT molecular complexity index is 708. The van der Waals surface area contributed by atoms with E-state index >= 15 is 0 Å². The van der Waals surface area contributed by atoms with Crippen LogP contribution in [0.15, 0.2) is 29.8 Å². The standard InChI is InChI=1S/C21H26N2O3/c1-15-4-8-17(9-5-15)12-18(13-22)21(25)26-14-20(24)23(3)19-10-6-16(2)7-11-19/h4-5,8-9,12,16,19H,6-7,10-11,14H2,1-3H3/b18-12+. The molecule has 26 heavy (non-hydrogen) atoms. The molecule has 5 nitrogen and oxygen atoms in total. The van der Waals surface area contributed by atoms with E-state index in [2.05, 4.69) is 6.92 Å². The summed E-state index contributed by atoms with van der Waals surface area (Å²) in [7, 11) is 1.75. The zero-order valence-corrected chi connectivity index (χ0v) is 15.7. The number of hydrogen-bond acceptors (Lipinski definition) is 4. The summed E-state index contributed by atoms with van der Waals surface area (Å²) < 4.78 is 5.06. The fraction of sp³-hybridized carbons (Fsp3) is 0.476. The molecule has 1 fully saturated rings. The normalized spacial score (nSPS) is 20.2. The molecular weight excluding hydrogens is 328 g/mol. The molecule has 0 aliphatic heterocycles. The molecule has 1 aromatic carbocycles. The van der Waals surface area contributed by atoms with Gasteiger partial charge < -0.3 is 9.64 Å². The summed E-state index contributed by atoms with van der Waals surface area (Å²) in [6.45, 7) is 3.85. The Labute approximate surface area is 155 Å². The van der Waals surface area contributed by atoms with Crippen molar-refractivity contribution in [1.29, 1.82) is 5.26 Å². The predicted octanol–water partition coefficient (Wildman–Crippen LogP) is 3.48. The SMILES string of the molecule is Cc1ccc(/C=C(\C#N)C(=O)OCC(=O)N(C)C2CCC(C)CC2)cc1. The topological polar surface area (TPSA) is 70.4 Å². The number of nitriles is 1. The van der Waals surface area contributed by atoms with Crippen molar-refractivity contribution in [3.8, 4) is 6.07 Å². The van der Waals surface area contributed by atoms with Crippen molar-refractivity contribution in [3.05, 3.63) is 41.0 Å². The lowest BCUT2D eigenvalue weighted by Gasteiger charge is -2.33. The number of carbonyl (C=O) groups excluding carboxylic acids is 2. The van der Waals surface area contributed by atoms with Gasteiger partial charge in [0.25, 0.3) is 5.91 Å². The summed E-state index contributed by atoms with van der Waals surface area (Å²) >= 11 is 0. The quantitative estimate of drug-likeness (QED) is 0.461. The predicted molar refractivity (Wildman–Crippen MR) is 99.9 cm³/mol. The van der Waals surface area contributed by atoms with Gasteiger partial charge in [0.15, 0.2) is 6.61 Å². The minimum atomic E-state index is -0.771. The average molecular weight is 354 g/mol. The molecule has 0 heterocycles. The van der Waals surface area contributed by atoms with E-state index < -0.39 is 5.97 Å². The number of likely N-dealkylation sites (N-methyl/N-ethyl adjacent to an activating group) is 1. The van der Waals surface area contributed by atoms with Crippen molar-refractivity contribution in [3.63, 3.8) is 0 Å². The third-order valence-electron chi connectivity index (χ3n) is 4.98. The van der Waals surface area contributed by atoms with Gasteiger partial charge in [-0.1, -0.05) is 36.8 Å². The number of nitrogens with zero attached hydrogens (tertiary/aromatic N) is 2. The highest BCUT2D eigenvalue weighted by Crippen LogP contribution is 2.26. The monoisotopic (exact) mass is 354 g/mol. The van der Waals surface area contributed by atoms with Gasteiger partial charge in [0, 0.05) is 13.1 Å². The number of rotatable bonds is 5. The summed E-state index contributed by atoms with van der Waals surface area (Å²) in [5, 5.41) is 9.20. The number of ether oxygens (including phenoxy) is 1. The van der Waals surface area contributed by atoms with Crippen LogP contribution >= 0.6 is 0 Å². The first kappa shape index (κ1) is 19.7. The van der Waals surface area contributed by atoms with Gasteiger partial charge >= 0.3 is 5.97 Å². The van der Waals surface area contributed by atoms with Crippen LogP contribution < -0.4 is 0 Å². The van der Waals surface area contributed by atoms with Crippen molar-refractivity contribution in [2.24, 2.45) is 5.92 Å². The van der Waals surface area contributed by atoms with E-state index in [0.717, 1.165) is 36.8 Å². The first-order valence-corrected chi connectivity index (χ1v) is 9.02. The van der Waals surface area contributed by atoms with Crippen LogP contribution in [0.2, 0.25) is 0 Å². The lowest BCUT2D eigenvalue weighted by atomic mass is 9.87. The van der Waals surface area contributed by atoms with Crippen LogP contribution in [0.4, 0.5) is 0 Å². The van der Waals surface area contributed by atoms with E-state index in [1.807, 2.05) is 37.3 Å². The molecule has 0 unspecified atom stereocenters. The van der Waals surface area contributed by atoms with Crippen molar-refractivity contribution in [2.45, 2.75) is 45.6 Å². The Morgan fingerprint density at radius 3 is 2.42 bits per heavy atom. The third kappa shape index (κ3) is 5.45. The molecule has 0 bridgehead atoms. The summed E-state index contributed by atoms with van der Waals surface area (Å²) in [5.41, 5.74) is 1.72. The lowest BCUT2D eigenvalue weighted by molar-refractivity contribution is -0.149. The highest BCUT2D eigenvalue weighted by molar-refractivity contribution is 5.98. The van der Waals surface area contributed by atoms with Gasteiger partial charge in [-0.05, 0) is 50.2 Å². The Morgan fingerprint density at radius 1 is 1.23 bits per heavy atom.